The second kappa shape index (κ2) is 2.13. The number of amides is 5. The monoisotopic (exact) mass is 202 g/mol. The smallest absolute Gasteiger partial charge is 0.325 e. The van der Waals surface area contributed by atoms with Crippen LogP contribution < -0.4 is 21.3 Å². The summed E-state index contributed by atoms with van der Waals surface area (Å²) in [6.45, 7) is 0. The van der Waals surface area contributed by atoms with E-state index in [0.29, 0.717) is 0 Å². The Morgan fingerprint density at radius 1 is 0.929 bits per heavy atom. The molecule has 0 unspecified atom stereocenters. The van der Waals surface area contributed by atoms with E-state index in [0.717, 1.165) is 0 Å². The van der Waals surface area contributed by atoms with Gasteiger partial charge in [0.2, 0.25) is 0 Å². The van der Waals surface area contributed by atoms with Gasteiger partial charge in [-0.3, -0.25) is 26.1 Å². The van der Waals surface area contributed by atoms with Crippen LogP contribution in [0.2, 0.25) is 0 Å². The number of rotatable bonds is 0. The molecular weight excluding hydrogens is 196 g/mol. The van der Waals surface area contributed by atoms with Crippen LogP contribution in [0.25, 0.3) is 0 Å². The van der Waals surface area contributed by atoms with Crippen LogP contribution in [-0.2, 0) is 4.79 Å². The summed E-state index contributed by atoms with van der Waals surface area (Å²) in [7, 11) is 0. The Hall–Kier alpha value is -1.87. The Labute approximate surface area is 76.5 Å². The molecular formula is C5H6N4O5. The highest BCUT2D eigenvalue weighted by Crippen LogP contribution is 2.22. The number of carbonyl (C=O) groups is 3. The van der Waals surface area contributed by atoms with Crippen LogP contribution in [0.3, 0.4) is 0 Å². The van der Waals surface area contributed by atoms with Crippen LogP contribution in [0.5, 0.6) is 0 Å². The molecule has 6 N–H and O–H groups in total. The van der Waals surface area contributed by atoms with Gasteiger partial charge in [0.05, 0.1) is 0 Å². The molecule has 0 aromatic heterocycles. The van der Waals surface area contributed by atoms with E-state index in [9.17, 15) is 24.6 Å². The maximum atomic E-state index is 11.1. The quantitative estimate of drug-likeness (QED) is 0.241. The Morgan fingerprint density at radius 2 is 1.50 bits per heavy atom. The molecule has 14 heavy (non-hydrogen) atoms. The highest BCUT2D eigenvalue weighted by Gasteiger charge is 2.66. The fraction of sp³-hybridized carbons (Fsp3) is 0.400. The van der Waals surface area contributed by atoms with Crippen molar-refractivity contribution in [1.29, 1.82) is 0 Å². The molecule has 0 aromatic carbocycles. The first-order chi connectivity index (χ1) is 6.37. The van der Waals surface area contributed by atoms with Crippen LogP contribution >= 0.6 is 0 Å². The summed E-state index contributed by atoms with van der Waals surface area (Å²) in [5, 5.41) is 26.1. The first-order valence-corrected chi connectivity index (χ1v) is 3.56. The van der Waals surface area contributed by atoms with Gasteiger partial charge in [0, 0.05) is 0 Å². The fourth-order valence-electron chi connectivity index (χ4n) is 1.27. The molecule has 0 spiro atoms. The van der Waals surface area contributed by atoms with Crippen molar-refractivity contribution in [1.82, 2.24) is 21.3 Å². The molecule has 0 bridgehead atoms. The molecule has 9 nitrogen and oxygen atoms in total. The lowest BCUT2D eigenvalue weighted by Crippen LogP contribution is -2.80. The minimum absolute atomic E-state index is 0.979. The maximum absolute atomic E-state index is 11.1. The Bertz CT molecular complexity index is 356. The van der Waals surface area contributed by atoms with Crippen molar-refractivity contribution in [3.63, 3.8) is 0 Å². The predicted molar refractivity (Wildman–Crippen MR) is 38.2 cm³/mol. The standard InChI is InChI=1S/C5H6N4O5/c10-1-4(13)5(14,8-2(11)6-1)9-3(12)7-4/h13-14H,(H2,7,9,12)(H2,6,8,10,11)/t4-,5+/m0/s1. The topological polar surface area (TPSA) is 140 Å². The van der Waals surface area contributed by atoms with Crippen molar-refractivity contribution < 1.29 is 24.6 Å². The number of hydrogen-bond donors (Lipinski definition) is 6. The largest absolute Gasteiger partial charge is 0.358 e. The van der Waals surface area contributed by atoms with E-state index >= 15 is 0 Å². The van der Waals surface area contributed by atoms with Crippen LogP contribution in [0, 0.1) is 0 Å². The lowest BCUT2D eigenvalue weighted by Gasteiger charge is -2.37. The molecule has 2 fully saturated rings. The first-order valence-electron chi connectivity index (χ1n) is 3.56. The van der Waals surface area contributed by atoms with E-state index in [-0.39, 0.29) is 0 Å². The van der Waals surface area contributed by atoms with Crippen molar-refractivity contribution in [2.75, 3.05) is 0 Å². The van der Waals surface area contributed by atoms with E-state index in [1.807, 2.05) is 0 Å². The van der Waals surface area contributed by atoms with Gasteiger partial charge < -0.3 is 10.2 Å². The van der Waals surface area contributed by atoms with Crippen LogP contribution in [0.1, 0.15) is 0 Å². The van der Waals surface area contributed by atoms with Gasteiger partial charge in [-0.2, -0.15) is 0 Å². The molecule has 0 saturated carbocycles. The molecule has 0 radical (unpaired) electrons. The third-order valence-corrected chi connectivity index (χ3v) is 1.96. The number of imide groups is 1. The van der Waals surface area contributed by atoms with Crippen molar-refractivity contribution in [3.8, 4) is 0 Å². The number of nitrogens with one attached hydrogen (secondary N) is 4. The van der Waals surface area contributed by atoms with Crippen molar-refractivity contribution in [2.24, 2.45) is 0 Å². The lowest BCUT2D eigenvalue weighted by atomic mass is 10.1. The highest BCUT2D eigenvalue weighted by molar-refractivity contribution is 6.06. The zero-order chi connectivity index (χ0) is 10.6. The van der Waals surface area contributed by atoms with Crippen molar-refractivity contribution in [3.05, 3.63) is 0 Å². The van der Waals surface area contributed by atoms with Gasteiger partial charge in [0.25, 0.3) is 17.5 Å². The van der Waals surface area contributed by atoms with Crippen molar-refractivity contribution in [2.45, 2.75) is 11.6 Å². The van der Waals surface area contributed by atoms with Gasteiger partial charge in [-0.25, -0.2) is 9.59 Å². The van der Waals surface area contributed by atoms with E-state index in [2.05, 4.69) is 0 Å². The molecule has 2 aliphatic heterocycles. The zero-order valence-corrected chi connectivity index (χ0v) is 6.62. The summed E-state index contributed by atoms with van der Waals surface area (Å²) in [5.74, 6) is -3.74. The normalized spacial score (nSPS) is 40.6. The number of hydrogen-bond acceptors (Lipinski definition) is 5. The SMILES string of the molecule is O=C1NC(=O)[C@@]2(O)NC(=O)N[C@]2(O)N1. The predicted octanol–water partition coefficient (Wildman–Crippen LogP) is -3.53. The minimum Gasteiger partial charge on any atom is -0.358 e. The van der Waals surface area contributed by atoms with Gasteiger partial charge in [-0.05, 0) is 0 Å². The number of fused-ring (bicyclic) bond motifs is 1. The van der Waals surface area contributed by atoms with E-state index in [1.165, 1.54) is 0 Å². The summed E-state index contributed by atoms with van der Waals surface area (Å²) in [6, 6.07) is -2.00. The number of carbonyl (C=O) groups excluding carboxylic acids is 3. The third-order valence-electron chi connectivity index (χ3n) is 1.96. The van der Waals surface area contributed by atoms with Gasteiger partial charge in [-0.15, -0.1) is 0 Å². The number of aliphatic hydroxyl groups is 2. The molecule has 2 heterocycles. The summed E-state index contributed by atoms with van der Waals surface area (Å²) >= 11 is 0. The van der Waals surface area contributed by atoms with E-state index in [1.54, 1.807) is 21.3 Å². The van der Waals surface area contributed by atoms with Gasteiger partial charge in [-0.1, -0.05) is 0 Å². The average molecular weight is 202 g/mol. The summed E-state index contributed by atoms with van der Waals surface area (Å²) in [5.41, 5.74) is -2.60. The Balaban J connectivity index is 2.46. The maximum Gasteiger partial charge on any atom is 0.325 e. The Kier molecular flexibility index (Phi) is 1.33. The Morgan fingerprint density at radius 3 is 2.14 bits per heavy atom. The molecule has 2 saturated heterocycles. The van der Waals surface area contributed by atoms with Gasteiger partial charge in [0.15, 0.2) is 0 Å². The van der Waals surface area contributed by atoms with Crippen LogP contribution in [-0.4, -0.2) is 39.8 Å². The third kappa shape index (κ3) is 0.818. The van der Waals surface area contributed by atoms with Crippen LogP contribution in [0.15, 0.2) is 0 Å². The van der Waals surface area contributed by atoms with Gasteiger partial charge >= 0.3 is 12.1 Å². The lowest BCUT2D eigenvalue weighted by molar-refractivity contribution is -0.187. The average Bonchev–Trinajstić information content (AvgIpc) is 2.21. The molecule has 5 amide bonds. The molecule has 0 aliphatic carbocycles. The second-order valence-corrected chi connectivity index (χ2v) is 2.91. The number of urea groups is 2. The molecule has 76 valence electrons. The highest BCUT2D eigenvalue weighted by atomic mass is 16.4. The molecule has 9 heteroatoms. The molecule has 2 atom stereocenters. The fourth-order valence-corrected chi connectivity index (χ4v) is 1.27. The minimum atomic E-state index is -2.60. The molecule has 2 aliphatic rings. The first kappa shape index (κ1) is 8.72. The van der Waals surface area contributed by atoms with Gasteiger partial charge in [0.1, 0.15) is 0 Å². The molecule has 2 rings (SSSR count). The molecule has 0 aromatic rings. The zero-order valence-electron chi connectivity index (χ0n) is 6.62. The van der Waals surface area contributed by atoms with Crippen molar-refractivity contribution >= 4 is 18.0 Å². The summed E-state index contributed by atoms with van der Waals surface area (Å²) in [6.07, 6.45) is 0. The van der Waals surface area contributed by atoms with E-state index < -0.39 is 29.5 Å². The second-order valence-electron chi connectivity index (χ2n) is 2.91. The summed E-state index contributed by atoms with van der Waals surface area (Å²) in [4.78, 5) is 32.7. The van der Waals surface area contributed by atoms with E-state index in [4.69, 9.17) is 0 Å². The summed E-state index contributed by atoms with van der Waals surface area (Å²) < 4.78 is 0. The van der Waals surface area contributed by atoms with Crippen LogP contribution in [0.4, 0.5) is 9.59 Å².